The molecule has 0 aliphatic heterocycles. The molecule has 1 aliphatic carbocycles. The van der Waals surface area contributed by atoms with Gasteiger partial charge in [-0.3, -0.25) is 0 Å². The van der Waals surface area contributed by atoms with Crippen molar-refractivity contribution in [3.05, 3.63) is 40.0 Å². The van der Waals surface area contributed by atoms with Gasteiger partial charge in [0.25, 0.3) is 0 Å². The third-order valence-corrected chi connectivity index (χ3v) is 2.97. The van der Waals surface area contributed by atoms with Crippen LogP contribution in [0.4, 0.5) is 0 Å². The second kappa shape index (κ2) is 4.13. The van der Waals surface area contributed by atoms with Crippen molar-refractivity contribution in [3.63, 3.8) is 0 Å². The van der Waals surface area contributed by atoms with Gasteiger partial charge in [0.05, 0.1) is 3.57 Å². The maximum atomic E-state index is 5.81. The van der Waals surface area contributed by atoms with Gasteiger partial charge in [0, 0.05) is 0 Å². The van der Waals surface area contributed by atoms with Crippen LogP contribution in [-0.4, -0.2) is 6.10 Å². The van der Waals surface area contributed by atoms with Gasteiger partial charge < -0.3 is 4.74 Å². The minimum absolute atomic E-state index is 0.288. The number of halogens is 1. The number of rotatable bonds is 2. The van der Waals surface area contributed by atoms with E-state index in [9.17, 15) is 0 Å². The summed E-state index contributed by atoms with van der Waals surface area (Å²) in [4.78, 5) is 0. The fourth-order valence-corrected chi connectivity index (χ4v) is 1.92. The summed E-state index contributed by atoms with van der Waals surface area (Å²) in [5.41, 5.74) is 0. The Hall–Kier alpha value is -0.510. The van der Waals surface area contributed by atoms with Gasteiger partial charge in [0.15, 0.2) is 0 Å². The van der Waals surface area contributed by atoms with Crippen molar-refractivity contribution in [2.24, 2.45) is 0 Å². The molecule has 68 valence electrons. The van der Waals surface area contributed by atoms with Crippen molar-refractivity contribution >= 4 is 22.6 Å². The molecule has 0 aromatic heterocycles. The lowest BCUT2D eigenvalue weighted by Gasteiger charge is -2.12. The Morgan fingerprint density at radius 3 is 2.85 bits per heavy atom. The van der Waals surface area contributed by atoms with Crippen LogP contribution in [-0.2, 0) is 0 Å². The van der Waals surface area contributed by atoms with Crippen LogP contribution >= 0.6 is 22.6 Å². The second-order valence-electron chi connectivity index (χ2n) is 3.09. The highest BCUT2D eigenvalue weighted by molar-refractivity contribution is 14.1. The Bertz CT molecular complexity index is 320. The summed E-state index contributed by atoms with van der Waals surface area (Å²) >= 11 is 2.30. The van der Waals surface area contributed by atoms with Gasteiger partial charge in [-0.25, -0.2) is 0 Å². The Balaban J connectivity index is 2.09. The summed E-state index contributed by atoms with van der Waals surface area (Å²) in [6.07, 6.45) is 6.87. The molecule has 1 nitrogen and oxygen atoms in total. The molecule has 0 N–H and O–H groups in total. The third kappa shape index (κ3) is 2.24. The molecule has 0 saturated heterocycles. The second-order valence-corrected chi connectivity index (χ2v) is 4.25. The first-order valence-electron chi connectivity index (χ1n) is 4.44. The van der Waals surface area contributed by atoms with Crippen LogP contribution in [0.5, 0.6) is 5.75 Å². The van der Waals surface area contributed by atoms with E-state index in [1.807, 2.05) is 18.2 Å². The molecule has 2 rings (SSSR count). The average molecular weight is 286 g/mol. The highest BCUT2D eigenvalue weighted by Crippen LogP contribution is 2.23. The van der Waals surface area contributed by atoms with Crippen LogP contribution in [0.1, 0.15) is 12.8 Å². The van der Waals surface area contributed by atoms with Gasteiger partial charge in [-0.1, -0.05) is 18.2 Å². The first-order chi connectivity index (χ1) is 6.36. The summed E-state index contributed by atoms with van der Waals surface area (Å²) in [6.45, 7) is 0. The Labute approximate surface area is 91.9 Å². The van der Waals surface area contributed by atoms with Crippen molar-refractivity contribution in [1.29, 1.82) is 0 Å². The molecule has 2 heteroatoms. The molecule has 1 aliphatic rings. The summed E-state index contributed by atoms with van der Waals surface area (Å²) in [7, 11) is 0. The zero-order valence-electron chi connectivity index (χ0n) is 7.24. The lowest BCUT2D eigenvalue weighted by molar-refractivity contribution is 0.247. The maximum absolute atomic E-state index is 5.81. The Kier molecular flexibility index (Phi) is 2.88. The van der Waals surface area contributed by atoms with E-state index >= 15 is 0 Å². The predicted octanol–water partition coefficient (Wildman–Crippen LogP) is 3.39. The number of ether oxygens (including phenoxy) is 1. The van der Waals surface area contributed by atoms with E-state index < -0.39 is 0 Å². The minimum atomic E-state index is 0.288. The summed E-state index contributed by atoms with van der Waals surface area (Å²) < 4.78 is 6.99. The molecule has 0 heterocycles. The van der Waals surface area contributed by atoms with Crippen molar-refractivity contribution in [1.82, 2.24) is 0 Å². The van der Waals surface area contributed by atoms with Crippen LogP contribution in [0.3, 0.4) is 0 Å². The summed E-state index contributed by atoms with van der Waals surface area (Å²) in [5.74, 6) is 1.000. The molecule has 1 unspecified atom stereocenters. The predicted molar refractivity (Wildman–Crippen MR) is 61.9 cm³/mol. The quantitative estimate of drug-likeness (QED) is 0.598. The van der Waals surface area contributed by atoms with Gasteiger partial charge in [-0.2, -0.15) is 0 Å². The zero-order chi connectivity index (χ0) is 9.10. The van der Waals surface area contributed by atoms with Crippen molar-refractivity contribution in [2.45, 2.75) is 18.9 Å². The Morgan fingerprint density at radius 1 is 1.31 bits per heavy atom. The zero-order valence-corrected chi connectivity index (χ0v) is 9.40. The highest BCUT2D eigenvalue weighted by atomic mass is 127. The molecule has 1 aromatic carbocycles. The molecule has 0 fully saturated rings. The Morgan fingerprint density at radius 2 is 2.15 bits per heavy atom. The van der Waals surface area contributed by atoms with E-state index in [0.29, 0.717) is 0 Å². The third-order valence-electron chi connectivity index (χ3n) is 2.08. The highest BCUT2D eigenvalue weighted by Gasteiger charge is 2.11. The summed E-state index contributed by atoms with van der Waals surface area (Å²) in [6, 6.07) is 8.12. The molecule has 0 radical (unpaired) electrons. The van der Waals surface area contributed by atoms with Gasteiger partial charge in [0.1, 0.15) is 11.9 Å². The van der Waals surface area contributed by atoms with E-state index in [0.717, 1.165) is 18.6 Å². The molecule has 0 spiro atoms. The number of hydrogen-bond donors (Lipinski definition) is 0. The average Bonchev–Trinajstić information content (AvgIpc) is 2.61. The van der Waals surface area contributed by atoms with Crippen LogP contribution in [0.2, 0.25) is 0 Å². The van der Waals surface area contributed by atoms with Gasteiger partial charge >= 0.3 is 0 Å². The van der Waals surface area contributed by atoms with Gasteiger partial charge in [0.2, 0.25) is 0 Å². The SMILES string of the molecule is Ic1ccccc1OC1C=CCC1. The molecular formula is C11H11IO. The lowest BCUT2D eigenvalue weighted by Crippen LogP contribution is -2.10. The van der Waals surface area contributed by atoms with Crippen molar-refractivity contribution in [3.8, 4) is 5.75 Å². The van der Waals surface area contributed by atoms with Crippen molar-refractivity contribution < 1.29 is 4.74 Å². The molecular weight excluding hydrogens is 275 g/mol. The van der Waals surface area contributed by atoms with E-state index in [4.69, 9.17) is 4.74 Å². The number of allylic oxidation sites excluding steroid dienone is 1. The molecule has 0 saturated carbocycles. The largest absolute Gasteiger partial charge is 0.485 e. The maximum Gasteiger partial charge on any atom is 0.133 e. The normalized spacial score (nSPS) is 20.5. The first kappa shape index (κ1) is 9.06. The van der Waals surface area contributed by atoms with Crippen LogP contribution < -0.4 is 4.74 Å². The first-order valence-corrected chi connectivity index (χ1v) is 5.52. The smallest absolute Gasteiger partial charge is 0.133 e. The fraction of sp³-hybridized carbons (Fsp3) is 0.273. The lowest BCUT2D eigenvalue weighted by atomic mass is 10.3. The molecule has 1 atom stereocenters. The number of benzene rings is 1. The van der Waals surface area contributed by atoms with Gasteiger partial charge in [-0.15, -0.1) is 0 Å². The minimum Gasteiger partial charge on any atom is -0.485 e. The van der Waals surface area contributed by atoms with E-state index in [-0.39, 0.29) is 6.10 Å². The number of hydrogen-bond acceptors (Lipinski definition) is 1. The standard InChI is InChI=1S/C11H11IO/c12-10-7-3-4-8-11(10)13-9-5-1-2-6-9/h1,3-5,7-9H,2,6H2. The fourth-order valence-electron chi connectivity index (χ4n) is 1.41. The molecule has 0 bridgehead atoms. The van der Waals surface area contributed by atoms with Crippen LogP contribution in [0.25, 0.3) is 0 Å². The van der Waals surface area contributed by atoms with Crippen molar-refractivity contribution in [2.75, 3.05) is 0 Å². The van der Waals surface area contributed by atoms with Crippen LogP contribution in [0.15, 0.2) is 36.4 Å². The number of para-hydroxylation sites is 1. The monoisotopic (exact) mass is 286 g/mol. The molecule has 1 aromatic rings. The molecule has 0 amide bonds. The van der Waals surface area contributed by atoms with Gasteiger partial charge in [-0.05, 0) is 53.6 Å². The van der Waals surface area contributed by atoms with Crippen LogP contribution in [0, 0.1) is 3.57 Å². The summed E-state index contributed by atoms with van der Waals surface area (Å²) in [5, 5.41) is 0. The topological polar surface area (TPSA) is 9.23 Å². The van der Waals surface area contributed by atoms with E-state index in [1.165, 1.54) is 3.57 Å². The van der Waals surface area contributed by atoms with E-state index in [1.54, 1.807) is 0 Å². The molecule has 13 heavy (non-hydrogen) atoms. The van der Waals surface area contributed by atoms with E-state index in [2.05, 4.69) is 40.8 Å².